The number of aromatic nitrogens is 2. The average Bonchev–Trinajstić information content (AvgIpc) is 2.76. The summed E-state index contributed by atoms with van der Waals surface area (Å²) in [6, 6.07) is 13.3. The lowest BCUT2D eigenvalue weighted by Crippen LogP contribution is -2.41. The third kappa shape index (κ3) is 4.33. The molecular weight excluding hydrogens is 400 g/mol. The predicted molar refractivity (Wildman–Crippen MR) is 120 cm³/mol. The third-order valence-electron chi connectivity index (χ3n) is 5.33. The lowest BCUT2D eigenvalue weighted by molar-refractivity contribution is -0.120. The number of carbonyl (C=O) groups excluding carboxylic acids is 1. The normalized spacial score (nSPS) is 16.5. The molecule has 1 aliphatic rings. The van der Waals surface area contributed by atoms with Crippen LogP contribution < -0.4 is 15.0 Å². The second kappa shape index (κ2) is 8.88. The van der Waals surface area contributed by atoms with Crippen molar-refractivity contribution < 1.29 is 9.53 Å². The molecule has 0 aliphatic carbocycles. The molecule has 0 spiro atoms. The number of fused-ring (bicyclic) bond motifs is 1. The molecule has 0 unspecified atom stereocenters. The topological polar surface area (TPSA) is 67.4 Å². The van der Waals surface area contributed by atoms with Gasteiger partial charge >= 0.3 is 0 Å². The van der Waals surface area contributed by atoms with Gasteiger partial charge in [-0.15, -0.1) is 0 Å². The van der Waals surface area contributed by atoms with Gasteiger partial charge in [-0.25, -0.2) is 9.97 Å². The van der Waals surface area contributed by atoms with Crippen LogP contribution in [-0.4, -0.2) is 35.6 Å². The van der Waals surface area contributed by atoms with Crippen LogP contribution in [0.2, 0.25) is 5.02 Å². The Morgan fingerprint density at radius 2 is 2.00 bits per heavy atom. The van der Waals surface area contributed by atoms with Gasteiger partial charge in [-0.1, -0.05) is 29.8 Å². The maximum Gasteiger partial charge on any atom is 0.258 e. The number of hydrogen-bond acceptors (Lipinski definition) is 5. The number of rotatable bonds is 5. The molecule has 1 saturated heterocycles. The molecule has 0 radical (unpaired) electrons. The van der Waals surface area contributed by atoms with Crippen molar-refractivity contribution in [1.29, 1.82) is 0 Å². The van der Waals surface area contributed by atoms with Gasteiger partial charge in [-0.2, -0.15) is 0 Å². The minimum absolute atomic E-state index is 0.00803. The number of anilines is 2. The number of piperidine rings is 1. The fraction of sp³-hybridized carbons (Fsp3) is 0.348. The van der Waals surface area contributed by atoms with E-state index in [0.717, 1.165) is 36.0 Å². The highest BCUT2D eigenvalue weighted by atomic mass is 35.5. The summed E-state index contributed by atoms with van der Waals surface area (Å²) in [5.41, 5.74) is 3.31. The summed E-state index contributed by atoms with van der Waals surface area (Å²) in [5, 5.41) is 3.65. The molecule has 1 fully saturated rings. The Labute approximate surface area is 181 Å². The number of hydrogen-bond donors (Lipinski definition) is 1. The van der Waals surface area contributed by atoms with Gasteiger partial charge in [-0.05, 0) is 56.5 Å². The standard InChI is InChI=1S/C23H25ClN4O2/c1-3-30-23-21(26-19-8-4-5-9-20(19)27-23)28-12-6-7-16(14-28)22(29)25-17-11-10-15(2)18(24)13-17/h4-5,8-11,13,16H,3,6-7,12,14H2,1-2H3,(H,25,29)/t16-/m0/s1. The zero-order valence-corrected chi connectivity index (χ0v) is 17.9. The number of ether oxygens (including phenoxy) is 1. The summed E-state index contributed by atoms with van der Waals surface area (Å²) in [7, 11) is 0. The van der Waals surface area contributed by atoms with Gasteiger partial charge in [0.05, 0.1) is 23.6 Å². The van der Waals surface area contributed by atoms with Gasteiger partial charge in [0.2, 0.25) is 5.91 Å². The zero-order chi connectivity index (χ0) is 21.1. The Morgan fingerprint density at radius 3 is 2.73 bits per heavy atom. The van der Waals surface area contributed by atoms with E-state index in [-0.39, 0.29) is 11.8 Å². The number of para-hydroxylation sites is 2. The summed E-state index contributed by atoms with van der Waals surface area (Å²) in [4.78, 5) is 24.5. The van der Waals surface area contributed by atoms with Crippen LogP contribution in [0.5, 0.6) is 5.88 Å². The Kier molecular flexibility index (Phi) is 6.04. The first-order chi connectivity index (χ1) is 14.5. The van der Waals surface area contributed by atoms with Crippen molar-refractivity contribution in [2.75, 3.05) is 29.9 Å². The molecule has 0 bridgehead atoms. The van der Waals surface area contributed by atoms with Crippen molar-refractivity contribution in [3.8, 4) is 5.88 Å². The van der Waals surface area contributed by atoms with Crippen LogP contribution in [0.15, 0.2) is 42.5 Å². The molecule has 1 aromatic heterocycles. The van der Waals surface area contributed by atoms with E-state index in [9.17, 15) is 4.79 Å². The zero-order valence-electron chi connectivity index (χ0n) is 17.2. The van der Waals surface area contributed by atoms with E-state index in [0.29, 0.717) is 35.6 Å². The van der Waals surface area contributed by atoms with E-state index in [2.05, 4.69) is 15.2 Å². The van der Waals surface area contributed by atoms with Crippen molar-refractivity contribution >= 4 is 40.0 Å². The minimum atomic E-state index is -0.151. The quantitative estimate of drug-likeness (QED) is 0.634. The first kappa shape index (κ1) is 20.4. The van der Waals surface area contributed by atoms with Crippen molar-refractivity contribution in [3.63, 3.8) is 0 Å². The summed E-state index contributed by atoms with van der Waals surface area (Å²) in [6.07, 6.45) is 1.72. The molecule has 2 aromatic carbocycles. The van der Waals surface area contributed by atoms with E-state index in [1.807, 2.05) is 50.2 Å². The first-order valence-corrected chi connectivity index (χ1v) is 10.6. The Hall–Kier alpha value is -2.86. The summed E-state index contributed by atoms with van der Waals surface area (Å²) in [5.74, 6) is 1.06. The van der Waals surface area contributed by atoms with E-state index >= 15 is 0 Å². The van der Waals surface area contributed by atoms with Crippen LogP contribution in [-0.2, 0) is 4.79 Å². The van der Waals surface area contributed by atoms with Crippen LogP contribution in [0.3, 0.4) is 0 Å². The predicted octanol–water partition coefficient (Wildman–Crippen LogP) is 4.85. The molecule has 6 nitrogen and oxygen atoms in total. The lowest BCUT2D eigenvalue weighted by atomic mass is 9.97. The maximum atomic E-state index is 12.9. The summed E-state index contributed by atoms with van der Waals surface area (Å²) >= 11 is 6.19. The van der Waals surface area contributed by atoms with Gasteiger partial charge in [0.25, 0.3) is 5.88 Å². The highest BCUT2D eigenvalue weighted by Gasteiger charge is 2.29. The maximum absolute atomic E-state index is 12.9. The Bertz CT molecular complexity index is 1070. The molecular formula is C23H25ClN4O2. The van der Waals surface area contributed by atoms with Gasteiger partial charge in [-0.3, -0.25) is 4.79 Å². The van der Waals surface area contributed by atoms with Gasteiger partial charge in [0, 0.05) is 23.8 Å². The molecule has 1 aliphatic heterocycles. The fourth-order valence-corrected chi connectivity index (χ4v) is 3.89. The summed E-state index contributed by atoms with van der Waals surface area (Å²) < 4.78 is 5.78. The van der Waals surface area contributed by atoms with E-state index < -0.39 is 0 Å². The lowest BCUT2D eigenvalue weighted by Gasteiger charge is -2.33. The smallest absolute Gasteiger partial charge is 0.258 e. The third-order valence-corrected chi connectivity index (χ3v) is 5.74. The molecule has 0 saturated carbocycles. The highest BCUT2D eigenvalue weighted by Crippen LogP contribution is 2.31. The molecule has 2 heterocycles. The molecule has 7 heteroatoms. The van der Waals surface area contributed by atoms with Gasteiger partial charge in [0.1, 0.15) is 0 Å². The number of aryl methyl sites for hydroxylation is 1. The molecule has 156 valence electrons. The number of amides is 1. The second-order valence-corrected chi connectivity index (χ2v) is 7.92. The van der Waals surface area contributed by atoms with Crippen molar-refractivity contribution in [1.82, 2.24) is 9.97 Å². The molecule has 4 rings (SSSR count). The number of nitrogens with zero attached hydrogens (tertiary/aromatic N) is 3. The molecule has 30 heavy (non-hydrogen) atoms. The second-order valence-electron chi connectivity index (χ2n) is 7.51. The Balaban J connectivity index is 1.55. The van der Waals surface area contributed by atoms with Gasteiger partial charge in [0.15, 0.2) is 5.82 Å². The number of nitrogens with one attached hydrogen (secondary N) is 1. The number of carbonyl (C=O) groups is 1. The molecule has 3 aromatic rings. The number of benzene rings is 2. The van der Waals surface area contributed by atoms with Crippen LogP contribution in [0.1, 0.15) is 25.3 Å². The largest absolute Gasteiger partial charge is 0.475 e. The first-order valence-electron chi connectivity index (χ1n) is 10.3. The molecule has 1 atom stereocenters. The SMILES string of the molecule is CCOc1nc2ccccc2nc1N1CCC[C@H](C(=O)Nc2ccc(C)c(Cl)c2)C1. The highest BCUT2D eigenvalue weighted by molar-refractivity contribution is 6.31. The fourth-order valence-electron chi connectivity index (χ4n) is 3.71. The van der Waals surface area contributed by atoms with Crippen LogP contribution in [0.4, 0.5) is 11.5 Å². The minimum Gasteiger partial charge on any atom is -0.475 e. The summed E-state index contributed by atoms with van der Waals surface area (Å²) in [6.45, 7) is 5.75. The van der Waals surface area contributed by atoms with E-state index in [1.165, 1.54) is 0 Å². The Morgan fingerprint density at radius 1 is 1.23 bits per heavy atom. The van der Waals surface area contributed by atoms with Crippen LogP contribution >= 0.6 is 11.6 Å². The number of halogens is 1. The van der Waals surface area contributed by atoms with Crippen molar-refractivity contribution in [2.24, 2.45) is 5.92 Å². The molecule has 1 N–H and O–H groups in total. The van der Waals surface area contributed by atoms with E-state index in [4.69, 9.17) is 21.3 Å². The van der Waals surface area contributed by atoms with Crippen LogP contribution in [0.25, 0.3) is 11.0 Å². The van der Waals surface area contributed by atoms with Gasteiger partial charge < -0.3 is 15.0 Å². The molecule has 1 amide bonds. The van der Waals surface area contributed by atoms with Crippen molar-refractivity contribution in [3.05, 3.63) is 53.1 Å². The average molecular weight is 425 g/mol. The van der Waals surface area contributed by atoms with Crippen molar-refractivity contribution in [2.45, 2.75) is 26.7 Å². The van der Waals surface area contributed by atoms with E-state index in [1.54, 1.807) is 6.07 Å². The monoisotopic (exact) mass is 424 g/mol. The van der Waals surface area contributed by atoms with Crippen LogP contribution in [0, 0.1) is 12.8 Å².